The molecule has 1 aliphatic heterocycles. The van der Waals surface area contributed by atoms with Crippen LogP contribution in [-0.2, 0) is 9.59 Å². The third kappa shape index (κ3) is 4.68. The standard InChI is InChI=1S/C28H25ClN2O3S/c29-20-9-4-8-19(16-20)26(32)23-21(14-11-17-6-2-1-3-7-17)31(28(34)18-12-13-18)25(27(30)33)24(23)22-10-5-15-35-22/h1-11,14-16,18,21,23-25H,12-13H2,(H2,30,33). The Bertz CT molecular complexity index is 1270. The van der Waals surface area contributed by atoms with E-state index in [0.717, 1.165) is 23.3 Å². The first-order valence-electron chi connectivity index (χ1n) is 11.6. The fourth-order valence-electron chi connectivity index (χ4n) is 5.03. The molecule has 1 saturated carbocycles. The normalized spacial score (nSPS) is 24.1. The summed E-state index contributed by atoms with van der Waals surface area (Å²) in [7, 11) is 0. The third-order valence-electron chi connectivity index (χ3n) is 6.76. The third-order valence-corrected chi connectivity index (χ3v) is 7.97. The van der Waals surface area contributed by atoms with Crippen LogP contribution in [0.4, 0.5) is 0 Å². The number of ketones is 1. The molecule has 1 saturated heterocycles. The minimum atomic E-state index is -0.916. The van der Waals surface area contributed by atoms with E-state index < -0.39 is 29.8 Å². The van der Waals surface area contributed by atoms with Crippen molar-refractivity contribution in [3.63, 3.8) is 0 Å². The molecule has 2 aliphatic rings. The van der Waals surface area contributed by atoms with Gasteiger partial charge in [-0.1, -0.05) is 72.3 Å². The van der Waals surface area contributed by atoms with Crippen LogP contribution in [0.3, 0.4) is 0 Å². The summed E-state index contributed by atoms with van der Waals surface area (Å²) in [5.74, 6) is -2.24. The number of halogens is 1. The first-order valence-corrected chi connectivity index (χ1v) is 12.9. The van der Waals surface area contributed by atoms with Crippen molar-refractivity contribution < 1.29 is 14.4 Å². The average Bonchev–Trinajstić information content (AvgIpc) is 3.45. The zero-order valence-corrected chi connectivity index (χ0v) is 20.5. The van der Waals surface area contributed by atoms with Crippen LogP contribution in [0.2, 0.25) is 5.02 Å². The molecule has 4 unspecified atom stereocenters. The van der Waals surface area contributed by atoms with Gasteiger partial charge in [0.15, 0.2) is 5.78 Å². The number of Topliss-reactive ketones (excluding diaryl/α,β-unsaturated/α-hetero) is 1. The molecule has 5 nitrogen and oxygen atoms in total. The lowest BCUT2D eigenvalue weighted by molar-refractivity contribution is -0.139. The number of carbonyl (C=O) groups excluding carboxylic acids is 3. The van der Waals surface area contributed by atoms with Crippen molar-refractivity contribution in [2.24, 2.45) is 17.6 Å². The summed E-state index contributed by atoms with van der Waals surface area (Å²) < 4.78 is 0. The summed E-state index contributed by atoms with van der Waals surface area (Å²) in [6.45, 7) is 0. The summed E-state index contributed by atoms with van der Waals surface area (Å²) >= 11 is 7.68. The van der Waals surface area contributed by atoms with E-state index in [1.807, 2.05) is 60.0 Å². The molecule has 7 heteroatoms. The Morgan fingerprint density at radius 3 is 2.40 bits per heavy atom. The number of amides is 2. The lowest BCUT2D eigenvalue weighted by atomic mass is 9.80. The summed E-state index contributed by atoms with van der Waals surface area (Å²) in [6.07, 6.45) is 5.36. The lowest BCUT2D eigenvalue weighted by Gasteiger charge is -2.29. The number of primary amides is 1. The molecule has 1 aromatic heterocycles. The fourth-order valence-corrected chi connectivity index (χ4v) is 6.13. The van der Waals surface area contributed by atoms with Gasteiger partial charge in [-0.15, -0.1) is 11.3 Å². The second-order valence-corrected chi connectivity index (χ2v) is 10.5. The highest BCUT2D eigenvalue weighted by Gasteiger charge is 2.57. The number of benzene rings is 2. The van der Waals surface area contributed by atoms with Gasteiger partial charge in [-0.2, -0.15) is 0 Å². The minimum Gasteiger partial charge on any atom is -0.368 e. The van der Waals surface area contributed by atoms with Crippen LogP contribution >= 0.6 is 22.9 Å². The molecule has 2 N–H and O–H groups in total. The summed E-state index contributed by atoms with van der Waals surface area (Å²) in [4.78, 5) is 43.0. The number of thiophene rings is 1. The summed E-state index contributed by atoms with van der Waals surface area (Å²) in [6, 6.07) is 18.8. The Morgan fingerprint density at radius 1 is 1.00 bits per heavy atom. The van der Waals surface area contributed by atoms with Gasteiger partial charge in [0.25, 0.3) is 0 Å². The molecule has 35 heavy (non-hydrogen) atoms. The first kappa shape index (κ1) is 23.5. The SMILES string of the molecule is NC(=O)C1C(c2cccs2)C(C(=O)c2cccc(Cl)c2)C(C=Cc2ccccc2)N1C(=O)C1CC1. The minimum absolute atomic E-state index is 0.112. The van der Waals surface area contributed by atoms with Crippen molar-refractivity contribution in [1.29, 1.82) is 0 Å². The zero-order chi connectivity index (χ0) is 24.5. The monoisotopic (exact) mass is 504 g/mol. The van der Waals surface area contributed by atoms with Crippen LogP contribution in [0.1, 0.15) is 39.6 Å². The highest BCUT2D eigenvalue weighted by Crippen LogP contribution is 2.48. The molecule has 4 atom stereocenters. The number of hydrogen-bond donors (Lipinski definition) is 1. The Labute approximate surface area is 213 Å². The maximum absolute atomic E-state index is 14.1. The smallest absolute Gasteiger partial charge is 0.240 e. The largest absolute Gasteiger partial charge is 0.368 e. The lowest BCUT2D eigenvalue weighted by Crippen LogP contribution is -2.49. The Morgan fingerprint density at radius 2 is 1.77 bits per heavy atom. The predicted octanol–water partition coefficient (Wildman–Crippen LogP) is 5.17. The Balaban J connectivity index is 1.67. The van der Waals surface area contributed by atoms with Gasteiger partial charge >= 0.3 is 0 Å². The Hall–Kier alpha value is -3.22. The number of nitrogens with zero attached hydrogens (tertiary/aromatic N) is 1. The van der Waals surface area contributed by atoms with E-state index >= 15 is 0 Å². The van der Waals surface area contributed by atoms with Gasteiger partial charge in [0, 0.05) is 27.3 Å². The van der Waals surface area contributed by atoms with Gasteiger partial charge < -0.3 is 10.6 Å². The fraction of sp³-hybridized carbons (Fsp3) is 0.250. The molecular weight excluding hydrogens is 480 g/mol. The topological polar surface area (TPSA) is 80.5 Å². The van der Waals surface area contributed by atoms with E-state index in [2.05, 4.69) is 0 Å². The molecule has 0 bridgehead atoms. The molecule has 2 heterocycles. The van der Waals surface area contributed by atoms with Gasteiger partial charge in [0.2, 0.25) is 11.8 Å². The van der Waals surface area contributed by atoms with Crippen LogP contribution in [0.15, 0.2) is 78.2 Å². The molecule has 3 aromatic rings. The number of likely N-dealkylation sites (tertiary alicyclic amines) is 1. The van der Waals surface area contributed by atoms with Crippen molar-refractivity contribution in [1.82, 2.24) is 4.90 Å². The quantitative estimate of drug-likeness (QED) is 0.450. The van der Waals surface area contributed by atoms with E-state index in [-0.39, 0.29) is 17.6 Å². The molecule has 5 rings (SSSR count). The van der Waals surface area contributed by atoms with E-state index in [1.165, 1.54) is 11.3 Å². The van der Waals surface area contributed by atoms with Crippen LogP contribution < -0.4 is 5.73 Å². The summed E-state index contributed by atoms with van der Waals surface area (Å²) in [5, 5.41) is 2.37. The van der Waals surface area contributed by atoms with Gasteiger partial charge in [-0.3, -0.25) is 14.4 Å². The second-order valence-electron chi connectivity index (χ2n) is 9.07. The van der Waals surface area contributed by atoms with Crippen molar-refractivity contribution >= 4 is 46.6 Å². The van der Waals surface area contributed by atoms with Gasteiger partial charge in [0.1, 0.15) is 6.04 Å². The Kier molecular flexibility index (Phi) is 6.58. The molecule has 178 valence electrons. The number of carbonyl (C=O) groups is 3. The van der Waals surface area contributed by atoms with Crippen LogP contribution in [-0.4, -0.2) is 34.6 Å². The van der Waals surface area contributed by atoms with E-state index in [0.29, 0.717) is 10.6 Å². The highest BCUT2D eigenvalue weighted by atomic mass is 35.5. The first-order chi connectivity index (χ1) is 17.0. The second kappa shape index (κ2) is 9.80. The van der Waals surface area contributed by atoms with Crippen molar-refractivity contribution in [3.05, 3.63) is 99.2 Å². The molecule has 1 aliphatic carbocycles. The molecule has 2 amide bonds. The van der Waals surface area contributed by atoms with E-state index in [1.54, 1.807) is 29.2 Å². The maximum Gasteiger partial charge on any atom is 0.240 e. The molecule has 0 radical (unpaired) electrons. The van der Waals surface area contributed by atoms with Crippen LogP contribution in [0.25, 0.3) is 6.08 Å². The number of nitrogens with two attached hydrogens (primary N) is 1. The van der Waals surface area contributed by atoms with E-state index in [9.17, 15) is 14.4 Å². The number of hydrogen-bond acceptors (Lipinski definition) is 4. The molecule has 0 spiro atoms. The zero-order valence-electron chi connectivity index (χ0n) is 18.9. The number of rotatable bonds is 7. The van der Waals surface area contributed by atoms with Gasteiger partial charge in [-0.25, -0.2) is 0 Å². The molecule has 2 fully saturated rings. The van der Waals surface area contributed by atoms with Crippen molar-refractivity contribution in [2.45, 2.75) is 30.8 Å². The van der Waals surface area contributed by atoms with Crippen molar-refractivity contribution in [2.75, 3.05) is 0 Å². The van der Waals surface area contributed by atoms with E-state index in [4.69, 9.17) is 17.3 Å². The predicted molar refractivity (Wildman–Crippen MR) is 138 cm³/mol. The van der Waals surface area contributed by atoms with Crippen LogP contribution in [0, 0.1) is 11.8 Å². The average molecular weight is 505 g/mol. The molecule has 2 aromatic carbocycles. The highest BCUT2D eigenvalue weighted by molar-refractivity contribution is 7.10. The van der Waals surface area contributed by atoms with Gasteiger partial charge in [-0.05, 0) is 42.0 Å². The van der Waals surface area contributed by atoms with Gasteiger partial charge in [0.05, 0.1) is 12.0 Å². The summed E-state index contributed by atoms with van der Waals surface area (Å²) in [5.41, 5.74) is 7.34. The molecular formula is C28H25ClN2O3S. The van der Waals surface area contributed by atoms with Crippen LogP contribution in [0.5, 0.6) is 0 Å². The van der Waals surface area contributed by atoms with Crippen molar-refractivity contribution in [3.8, 4) is 0 Å². The maximum atomic E-state index is 14.1.